The molecule has 0 saturated carbocycles. The molecule has 0 atom stereocenters. The van der Waals surface area contributed by atoms with Gasteiger partial charge in [0, 0.05) is 12.3 Å². The first-order chi connectivity index (χ1) is 7.75. The summed E-state index contributed by atoms with van der Waals surface area (Å²) in [5.41, 5.74) is 0.553. The minimum atomic E-state index is -0.539. The summed E-state index contributed by atoms with van der Waals surface area (Å²) in [5, 5.41) is 0.0367. The molecule has 0 bridgehead atoms. The second kappa shape index (κ2) is 4.90. The van der Waals surface area contributed by atoms with Gasteiger partial charge in [0.2, 0.25) is 5.88 Å². The van der Waals surface area contributed by atoms with E-state index in [1.165, 1.54) is 6.07 Å². The van der Waals surface area contributed by atoms with Gasteiger partial charge < -0.3 is 4.74 Å². The Bertz CT molecular complexity index is 479. The average Bonchev–Trinajstić information content (AvgIpc) is 2.32. The summed E-state index contributed by atoms with van der Waals surface area (Å²) in [6, 6.07) is 6.76. The van der Waals surface area contributed by atoms with Crippen LogP contribution in [0, 0.1) is 5.82 Å². The molecule has 0 spiro atoms. The number of hydrogen-bond donors (Lipinski definition) is 0. The van der Waals surface area contributed by atoms with Crippen LogP contribution in [0.2, 0.25) is 5.02 Å². The largest absolute Gasteiger partial charge is 0.471 e. The van der Waals surface area contributed by atoms with Crippen LogP contribution in [0.15, 0.2) is 36.7 Å². The van der Waals surface area contributed by atoms with Gasteiger partial charge >= 0.3 is 0 Å². The first kappa shape index (κ1) is 10.8. The molecule has 2 aromatic rings. The van der Waals surface area contributed by atoms with Crippen LogP contribution in [0.4, 0.5) is 4.39 Å². The van der Waals surface area contributed by atoms with E-state index in [-0.39, 0.29) is 11.6 Å². The van der Waals surface area contributed by atoms with Crippen molar-refractivity contribution in [3.63, 3.8) is 0 Å². The summed E-state index contributed by atoms with van der Waals surface area (Å²) in [6.07, 6.45) is 2.69. The zero-order chi connectivity index (χ0) is 11.4. The van der Waals surface area contributed by atoms with Gasteiger partial charge in [-0.1, -0.05) is 17.7 Å². The fourth-order valence-electron chi connectivity index (χ4n) is 1.11. The highest BCUT2D eigenvalue weighted by molar-refractivity contribution is 6.30. The van der Waals surface area contributed by atoms with Crippen molar-refractivity contribution >= 4 is 11.6 Å². The van der Waals surface area contributed by atoms with Crippen LogP contribution < -0.4 is 4.74 Å². The SMILES string of the molecule is Fc1cnc(COc2ccccn2)cc1Cl. The van der Waals surface area contributed by atoms with Crippen molar-refractivity contribution in [1.82, 2.24) is 9.97 Å². The fourth-order valence-corrected chi connectivity index (χ4v) is 1.29. The maximum Gasteiger partial charge on any atom is 0.213 e. The first-order valence-electron chi connectivity index (χ1n) is 4.59. The highest BCUT2D eigenvalue weighted by Crippen LogP contribution is 2.15. The summed E-state index contributed by atoms with van der Waals surface area (Å²) in [7, 11) is 0. The summed E-state index contributed by atoms with van der Waals surface area (Å²) in [6.45, 7) is 0.205. The van der Waals surface area contributed by atoms with Crippen LogP contribution in [0.25, 0.3) is 0 Å². The summed E-state index contributed by atoms with van der Waals surface area (Å²) in [5.74, 6) is -0.0481. The molecule has 2 rings (SSSR count). The predicted octanol–water partition coefficient (Wildman–Crippen LogP) is 2.85. The zero-order valence-electron chi connectivity index (χ0n) is 8.23. The lowest BCUT2D eigenvalue weighted by Gasteiger charge is -2.04. The van der Waals surface area contributed by atoms with E-state index in [9.17, 15) is 4.39 Å². The van der Waals surface area contributed by atoms with Crippen LogP contribution in [0.1, 0.15) is 5.69 Å². The summed E-state index contributed by atoms with van der Waals surface area (Å²) < 4.78 is 18.1. The van der Waals surface area contributed by atoms with Gasteiger partial charge in [-0.3, -0.25) is 4.98 Å². The molecule has 0 fully saturated rings. The van der Waals surface area contributed by atoms with Crippen LogP contribution in [0.3, 0.4) is 0 Å². The zero-order valence-corrected chi connectivity index (χ0v) is 8.99. The van der Waals surface area contributed by atoms with E-state index >= 15 is 0 Å². The van der Waals surface area contributed by atoms with E-state index in [0.717, 1.165) is 6.20 Å². The molecule has 0 unspecified atom stereocenters. The fraction of sp³-hybridized carbons (Fsp3) is 0.0909. The molecule has 82 valence electrons. The van der Waals surface area contributed by atoms with Crippen molar-refractivity contribution in [1.29, 1.82) is 0 Å². The van der Waals surface area contributed by atoms with Crippen molar-refractivity contribution in [3.8, 4) is 5.88 Å². The molecule has 2 heterocycles. The van der Waals surface area contributed by atoms with Crippen molar-refractivity contribution < 1.29 is 9.13 Å². The van der Waals surface area contributed by atoms with E-state index < -0.39 is 5.82 Å². The summed E-state index contributed by atoms with van der Waals surface area (Å²) in [4.78, 5) is 7.82. The molecule has 0 aliphatic heterocycles. The Balaban J connectivity index is 2.03. The molecule has 0 radical (unpaired) electrons. The number of halogens is 2. The average molecular weight is 239 g/mol. The Morgan fingerprint density at radius 3 is 2.88 bits per heavy atom. The molecule has 0 aliphatic carbocycles. The van der Waals surface area contributed by atoms with Crippen molar-refractivity contribution in [2.45, 2.75) is 6.61 Å². The lowest BCUT2D eigenvalue weighted by Crippen LogP contribution is -1.99. The van der Waals surface area contributed by atoms with Gasteiger partial charge in [-0.15, -0.1) is 0 Å². The molecule has 2 aromatic heterocycles. The number of ether oxygens (including phenoxy) is 1. The maximum atomic E-state index is 12.8. The number of aromatic nitrogens is 2. The third-order valence-electron chi connectivity index (χ3n) is 1.87. The Morgan fingerprint density at radius 2 is 2.19 bits per heavy atom. The van der Waals surface area contributed by atoms with Crippen LogP contribution in [-0.2, 0) is 6.61 Å². The topological polar surface area (TPSA) is 35.0 Å². The molecule has 0 aromatic carbocycles. The molecule has 16 heavy (non-hydrogen) atoms. The smallest absolute Gasteiger partial charge is 0.213 e. The van der Waals surface area contributed by atoms with Crippen LogP contribution in [-0.4, -0.2) is 9.97 Å². The Morgan fingerprint density at radius 1 is 1.31 bits per heavy atom. The quantitative estimate of drug-likeness (QED) is 0.825. The second-order valence-corrected chi connectivity index (χ2v) is 3.45. The predicted molar refractivity (Wildman–Crippen MR) is 57.8 cm³/mol. The van der Waals surface area contributed by atoms with Crippen molar-refractivity contribution in [2.24, 2.45) is 0 Å². The molecular formula is C11H8ClFN2O. The third-order valence-corrected chi connectivity index (χ3v) is 2.16. The number of nitrogens with zero attached hydrogens (tertiary/aromatic N) is 2. The van der Waals surface area contributed by atoms with Gasteiger partial charge in [-0.2, -0.15) is 0 Å². The van der Waals surface area contributed by atoms with Gasteiger partial charge in [-0.25, -0.2) is 9.37 Å². The highest BCUT2D eigenvalue weighted by atomic mass is 35.5. The van der Waals surface area contributed by atoms with Gasteiger partial charge in [0.25, 0.3) is 0 Å². The van der Waals surface area contributed by atoms with Crippen LogP contribution in [0.5, 0.6) is 5.88 Å². The Labute approximate surface area is 96.9 Å². The van der Waals surface area contributed by atoms with E-state index in [4.69, 9.17) is 16.3 Å². The monoisotopic (exact) mass is 238 g/mol. The molecule has 0 amide bonds. The van der Waals surface area contributed by atoms with Crippen molar-refractivity contribution in [2.75, 3.05) is 0 Å². The number of pyridine rings is 2. The van der Waals surface area contributed by atoms with E-state index in [0.29, 0.717) is 11.6 Å². The Hall–Kier alpha value is -1.68. The lowest BCUT2D eigenvalue weighted by molar-refractivity contribution is 0.289. The van der Waals surface area contributed by atoms with E-state index in [2.05, 4.69) is 9.97 Å². The lowest BCUT2D eigenvalue weighted by atomic mass is 10.3. The minimum absolute atomic E-state index is 0.0367. The molecule has 0 aliphatic rings. The van der Waals surface area contributed by atoms with Gasteiger partial charge in [0.1, 0.15) is 6.61 Å². The molecule has 0 N–H and O–H groups in total. The Kier molecular flexibility index (Phi) is 3.31. The maximum absolute atomic E-state index is 12.8. The van der Waals surface area contributed by atoms with E-state index in [1.54, 1.807) is 18.3 Å². The number of hydrogen-bond acceptors (Lipinski definition) is 3. The third kappa shape index (κ3) is 2.67. The molecule has 0 saturated heterocycles. The molecular weight excluding hydrogens is 231 g/mol. The van der Waals surface area contributed by atoms with Crippen molar-refractivity contribution in [3.05, 3.63) is 53.2 Å². The number of rotatable bonds is 3. The molecule has 5 heteroatoms. The van der Waals surface area contributed by atoms with Crippen LogP contribution >= 0.6 is 11.6 Å². The van der Waals surface area contributed by atoms with Gasteiger partial charge in [0.05, 0.1) is 16.9 Å². The molecule has 3 nitrogen and oxygen atoms in total. The van der Waals surface area contributed by atoms with Gasteiger partial charge in [0.15, 0.2) is 5.82 Å². The second-order valence-electron chi connectivity index (χ2n) is 3.05. The minimum Gasteiger partial charge on any atom is -0.471 e. The first-order valence-corrected chi connectivity index (χ1v) is 4.97. The van der Waals surface area contributed by atoms with E-state index in [1.807, 2.05) is 6.07 Å². The standard InChI is InChI=1S/C11H8ClFN2O/c12-9-5-8(15-6-10(9)13)7-16-11-3-1-2-4-14-11/h1-6H,7H2. The normalized spacial score (nSPS) is 10.1. The highest BCUT2D eigenvalue weighted by Gasteiger charge is 2.03. The van der Waals surface area contributed by atoms with Gasteiger partial charge in [-0.05, 0) is 12.1 Å². The summed E-state index contributed by atoms with van der Waals surface area (Å²) >= 11 is 5.61.